The Labute approximate surface area is 151 Å². The topological polar surface area (TPSA) is 102 Å². The zero-order valence-corrected chi connectivity index (χ0v) is 14.9. The SMILES string of the molecule is COc1nc(OC)nc(N2CCC(C(=O)NCc3cccnc3)CC2)n1. The second kappa shape index (κ2) is 8.41. The van der Waals surface area contributed by atoms with Crippen LogP contribution in [0.1, 0.15) is 18.4 Å². The molecule has 9 nitrogen and oxygen atoms in total. The normalized spacial score (nSPS) is 14.8. The number of anilines is 1. The van der Waals surface area contributed by atoms with Crippen molar-refractivity contribution in [1.82, 2.24) is 25.3 Å². The van der Waals surface area contributed by atoms with Crippen LogP contribution in [0.15, 0.2) is 24.5 Å². The first kappa shape index (κ1) is 17.8. The summed E-state index contributed by atoms with van der Waals surface area (Å²) in [7, 11) is 2.99. The largest absolute Gasteiger partial charge is 0.467 e. The highest BCUT2D eigenvalue weighted by atomic mass is 16.5. The highest BCUT2D eigenvalue weighted by Gasteiger charge is 2.26. The second-order valence-electron chi connectivity index (χ2n) is 5.95. The summed E-state index contributed by atoms with van der Waals surface area (Å²) in [6, 6.07) is 4.22. The van der Waals surface area contributed by atoms with E-state index in [-0.39, 0.29) is 23.8 Å². The predicted octanol–water partition coefficient (Wildman–Crippen LogP) is 0.817. The molecule has 1 aliphatic rings. The Morgan fingerprint density at radius 2 is 1.88 bits per heavy atom. The van der Waals surface area contributed by atoms with Crippen LogP contribution in [-0.2, 0) is 11.3 Å². The van der Waals surface area contributed by atoms with E-state index in [0.717, 1.165) is 18.4 Å². The minimum Gasteiger partial charge on any atom is -0.467 e. The summed E-state index contributed by atoms with van der Waals surface area (Å²) in [5.74, 6) is 0.552. The monoisotopic (exact) mass is 358 g/mol. The number of ether oxygens (including phenoxy) is 2. The van der Waals surface area contributed by atoms with Crippen LogP contribution in [0.5, 0.6) is 12.0 Å². The number of carbonyl (C=O) groups excluding carboxylic acids is 1. The Morgan fingerprint density at radius 1 is 1.19 bits per heavy atom. The predicted molar refractivity (Wildman–Crippen MR) is 94.0 cm³/mol. The lowest BCUT2D eigenvalue weighted by Crippen LogP contribution is -2.41. The number of piperidine rings is 1. The number of methoxy groups -OCH3 is 2. The van der Waals surface area contributed by atoms with Crippen molar-refractivity contribution in [1.29, 1.82) is 0 Å². The van der Waals surface area contributed by atoms with Crippen LogP contribution in [-0.4, -0.2) is 53.2 Å². The van der Waals surface area contributed by atoms with Gasteiger partial charge in [0.25, 0.3) is 0 Å². The van der Waals surface area contributed by atoms with Crippen molar-refractivity contribution in [2.45, 2.75) is 19.4 Å². The molecule has 0 radical (unpaired) electrons. The number of nitrogens with one attached hydrogen (secondary N) is 1. The zero-order chi connectivity index (χ0) is 18.4. The molecule has 1 amide bonds. The van der Waals surface area contributed by atoms with Crippen LogP contribution in [0.25, 0.3) is 0 Å². The highest BCUT2D eigenvalue weighted by Crippen LogP contribution is 2.23. The van der Waals surface area contributed by atoms with Crippen molar-refractivity contribution in [3.8, 4) is 12.0 Å². The Bertz CT molecular complexity index is 712. The van der Waals surface area contributed by atoms with E-state index in [9.17, 15) is 4.79 Å². The average molecular weight is 358 g/mol. The van der Waals surface area contributed by atoms with Gasteiger partial charge >= 0.3 is 12.0 Å². The summed E-state index contributed by atoms with van der Waals surface area (Å²) in [5, 5.41) is 2.98. The molecule has 2 aromatic rings. The molecule has 1 aliphatic heterocycles. The van der Waals surface area contributed by atoms with E-state index < -0.39 is 0 Å². The molecule has 0 bridgehead atoms. The maximum atomic E-state index is 12.4. The van der Waals surface area contributed by atoms with E-state index in [4.69, 9.17) is 9.47 Å². The number of hydrogen-bond acceptors (Lipinski definition) is 8. The fraction of sp³-hybridized carbons (Fsp3) is 0.471. The first-order valence-electron chi connectivity index (χ1n) is 8.45. The van der Waals surface area contributed by atoms with Gasteiger partial charge in [0.2, 0.25) is 11.9 Å². The molecule has 0 spiro atoms. The first-order valence-corrected chi connectivity index (χ1v) is 8.45. The number of pyridine rings is 1. The van der Waals surface area contributed by atoms with Crippen LogP contribution < -0.4 is 19.7 Å². The van der Waals surface area contributed by atoms with Crippen molar-refractivity contribution < 1.29 is 14.3 Å². The van der Waals surface area contributed by atoms with Gasteiger partial charge < -0.3 is 19.7 Å². The molecule has 1 saturated heterocycles. The van der Waals surface area contributed by atoms with Gasteiger partial charge in [-0.3, -0.25) is 9.78 Å². The lowest BCUT2D eigenvalue weighted by Gasteiger charge is -2.31. The molecule has 3 rings (SSSR count). The van der Waals surface area contributed by atoms with E-state index in [2.05, 4.69) is 25.3 Å². The van der Waals surface area contributed by atoms with Crippen LogP contribution in [0, 0.1) is 5.92 Å². The smallest absolute Gasteiger partial charge is 0.324 e. The fourth-order valence-electron chi connectivity index (χ4n) is 2.83. The third kappa shape index (κ3) is 4.35. The minimum absolute atomic E-state index is 0.0199. The summed E-state index contributed by atoms with van der Waals surface area (Å²) >= 11 is 0. The third-order valence-corrected chi connectivity index (χ3v) is 4.29. The Hall–Kier alpha value is -2.97. The van der Waals surface area contributed by atoms with Crippen molar-refractivity contribution in [2.75, 3.05) is 32.2 Å². The summed E-state index contributed by atoms with van der Waals surface area (Å²) in [6.45, 7) is 1.86. The standard InChI is InChI=1S/C17H22N6O3/c1-25-16-20-15(21-17(22-16)26-2)23-8-5-13(6-9-23)14(24)19-11-12-4-3-7-18-10-12/h3-4,7,10,13H,5-6,8-9,11H2,1-2H3,(H,19,24). The molecular weight excluding hydrogens is 336 g/mol. The molecule has 0 atom stereocenters. The first-order chi connectivity index (χ1) is 12.7. The summed E-state index contributed by atoms with van der Waals surface area (Å²) in [4.78, 5) is 31.0. The number of amides is 1. The number of aromatic nitrogens is 4. The van der Waals surface area contributed by atoms with Crippen molar-refractivity contribution in [3.05, 3.63) is 30.1 Å². The van der Waals surface area contributed by atoms with E-state index in [0.29, 0.717) is 25.6 Å². The van der Waals surface area contributed by atoms with Crippen LogP contribution in [0.4, 0.5) is 5.95 Å². The van der Waals surface area contributed by atoms with Gasteiger partial charge in [-0.05, 0) is 24.5 Å². The van der Waals surface area contributed by atoms with Gasteiger partial charge in [0.1, 0.15) is 0 Å². The lowest BCUT2D eigenvalue weighted by molar-refractivity contribution is -0.125. The molecule has 0 aliphatic carbocycles. The second-order valence-corrected chi connectivity index (χ2v) is 5.95. The van der Waals surface area contributed by atoms with Gasteiger partial charge in [0.05, 0.1) is 14.2 Å². The molecule has 0 aromatic carbocycles. The molecule has 1 N–H and O–H groups in total. The number of hydrogen-bond donors (Lipinski definition) is 1. The Morgan fingerprint density at radius 3 is 2.46 bits per heavy atom. The molecule has 1 fully saturated rings. The van der Waals surface area contributed by atoms with Gasteiger partial charge in [-0.15, -0.1) is 4.98 Å². The van der Waals surface area contributed by atoms with Crippen LogP contribution >= 0.6 is 0 Å². The lowest BCUT2D eigenvalue weighted by atomic mass is 9.96. The van der Waals surface area contributed by atoms with Crippen LogP contribution in [0.2, 0.25) is 0 Å². The third-order valence-electron chi connectivity index (χ3n) is 4.29. The summed E-state index contributed by atoms with van der Waals surface area (Å²) < 4.78 is 10.2. The minimum atomic E-state index is -0.0199. The van der Waals surface area contributed by atoms with Crippen molar-refractivity contribution in [3.63, 3.8) is 0 Å². The number of nitrogens with zero attached hydrogens (tertiary/aromatic N) is 5. The Kier molecular flexibility index (Phi) is 5.77. The van der Waals surface area contributed by atoms with Gasteiger partial charge in [-0.1, -0.05) is 6.07 Å². The average Bonchev–Trinajstić information content (AvgIpc) is 2.72. The van der Waals surface area contributed by atoms with Crippen molar-refractivity contribution in [2.24, 2.45) is 5.92 Å². The maximum Gasteiger partial charge on any atom is 0.324 e. The molecule has 2 aromatic heterocycles. The molecule has 138 valence electrons. The zero-order valence-electron chi connectivity index (χ0n) is 14.9. The summed E-state index contributed by atoms with van der Waals surface area (Å²) in [6.07, 6.45) is 4.93. The molecule has 3 heterocycles. The Balaban J connectivity index is 1.54. The highest BCUT2D eigenvalue weighted by molar-refractivity contribution is 5.78. The summed E-state index contributed by atoms with van der Waals surface area (Å²) in [5.41, 5.74) is 0.989. The van der Waals surface area contributed by atoms with Gasteiger partial charge in [-0.25, -0.2) is 0 Å². The van der Waals surface area contributed by atoms with E-state index in [1.54, 1.807) is 12.4 Å². The molecular formula is C17H22N6O3. The van der Waals surface area contributed by atoms with Gasteiger partial charge in [0, 0.05) is 37.9 Å². The van der Waals surface area contributed by atoms with E-state index >= 15 is 0 Å². The van der Waals surface area contributed by atoms with E-state index in [1.807, 2.05) is 17.0 Å². The molecule has 9 heteroatoms. The van der Waals surface area contributed by atoms with Crippen molar-refractivity contribution >= 4 is 11.9 Å². The maximum absolute atomic E-state index is 12.4. The number of rotatable bonds is 6. The van der Waals surface area contributed by atoms with Gasteiger partial charge in [-0.2, -0.15) is 9.97 Å². The van der Waals surface area contributed by atoms with E-state index in [1.165, 1.54) is 14.2 Å². The molecule has 26 heavy (non-hydrogen) atoms. The quantitative estimate of drug-likeness (QED) is 0.810. The molecule has 0 saturated carbocycles. The molecule has 0 unspecified atom stereocenters. The van der Waals surface area contributed by atoms with Crippen LogP contribution in [0.3, 0.4) is 0 Å². The fourth-order valence-corrected chi connectivity index (χ4v) is 2.83. The van der Waals surface area contributed by atoms with Gasteiger partial charge in [0.15, 0.2) is 0 Å². The number of carbonyl (C=O) groups is 1.